The third-order valence-electron chi connectivity index (χ3n) is 1.74. The van der Waals surface area contributed by atoms with E-state index in [2.05, 4.69) is 10.7 Å². The lowest BCUT2D eigenvalue weighted by atomic mass is 10.1. The van der Waals surface area contributed by atoms with Gasteiger partial charge in [-0.2, -0.15) is 0 Å². The summed E-state index contributed by atoms with van der Waals surface area (Å²) in [7, 11) is 1.70. The fourth-order valence-corrected chi connectivity index (χ4v) is 1.08. The van der Waals surface area contributed by atoms with Crippen LogP contribution >= 0.6 is 0 Å². The number of carbonyl (C=O) groups is 2. The number of nitrogens with two attached hydrogens (primary N) is 1. The molecule has 0 unspecified atom stereocenters. The Labute approximate surface area is 86.8 Å². The first-order valence-corrected chi connectivity index (χ1v) is 4.27. The summed E-state index contributed by atoms with van der Waals surface area (Å²) in [6, 6.07) is 6.08. The van der Waals surface area contributed by atoms with Gasteiger partial charge in [0.05, 0.1) is 5.56 Å². The predicted octanol–water partition coefficient (Wildman–Crippen LogP) is 0.0414. The van der Waals surface area contributed by atoms with Gasteiger partial charge in [0, 0.05) is 12.7 Å². The monoisotopic (exact) mass is 208 g/mol. The lowest BCUT2D eigenvalue weighted by molar-refractivity contribution is 0.0938. The molecule has 0 aromatic heterocycles. The van der Waals surface area contributed by atoms with Crippen LogP contribution in [0.25, 0.3) is 0 Å². The van der Waals surface area contributed by atoms with Crippen LogP contribution in [0, 0.1) is 0 Å². The van der Waals surface area contributed by atoms with E-state index < -0.39 is 11.9 Å². The normalized spacial score (nSPS) is 9.13. The fourth-order valence-electron chi connectivity index (χ4n) is 1.08. The maximum Gasteiger partial charge on any atom is 0.330 e. The standard InChI is InChI=1S/C9H12N4O2/c1-11-7-5-3-2-4-6(7)8(14)12-13-9(10)15/h2-5,11H,1H3,(H,12,14)(H3,10,13,15). The molecule has 0 saturated heterocycles. The first kappa shape index (κ1) is 10.8. The largest absolute Gasteiger partial charge is 0.387 e. The van der Waals surface area contributed by atoms with Crippen LogP contribution in [0.2, 0.25) is 0 Å². The summed E-state index contributed by atoms with van der Waals surface area (Å²) in [5, 5.41) is 2.86. The van der Waals surface area contributed by atoms with E-state index in [9.17, 15) is 9.59 Å². The highest BCUT2D eigenvalue weighted by Crippen LogP contribution is 2.13. The van der Waals surface area contributed by atoms with Crippen molar-refractivity contribution in [3.8, 4) is 0 Å². The van der Waals surface area contributed by atoms with Gasteiger partial charge >= 0.3 is 6.03 Å². The number of hydrazine groups is 1. The zero-order valence-corrected chi connectivity index (χ0v) is 8.20. The molecular weight excluding hydrogens is 196 g/mol. The van der Waals surface area contributed by atoms with Gasteiger partial charge in [0.15, 0.2) is 0 Å². The van der Waals surface area contributed by atoms with Crippen LogP contribution in [0.3, 0.4) is 0 Å². The second kappa shape index (κ2) is 4.85. The smallest absolute Gasteiger partial charge is 0.330 e. The van der Waals surface area contributed by atoms with E-state index in [1.165, 1.54) is 0 Å². The lowest BCUT2D eigenvalue weighted by Gasteiger charge is -2.08. The summed E-state index contributed by atoms with van der Waals surface area (Å²) < 4.78 is 0. The molecule has 0 bridgehead atoms. The van der Waals surface area contributed by atoms with E-state index in [0.717, 1.165) is 0 Å². The zero-order valence-electron chi connectivity index (χ0n) is 8.20. The number of benzene rings is 1. The van der Waals surface area contributed by atoms with E-state index in [1.54, 1.807) is 31.3 Å². The van der Waals surface area contributed by atoms with Gasteiger partial charge in [-0.05, 0) is 12.1 Å². The molecule has 1 aromatic rings. The summed E-state index contributed by atoms with van der Waals surface area (Å²) in [6.45, 7) is 0. The highest BCUT2D eigenvalue weighted by Gasteiger charge is 2.09. The van der Waals surface area contributed by atoms with E-state index in [4.69, 9.17) is 5.73 Å². The molecule has 0 spiro atoms. The average molecular weight is 208 g/mol. The quantitative estimate of drug-likeness (QED) is 0.517. The zero-order chi connectivity index (χ0) is 11.3. The molecule has 0 atom stereocenters. The van der Waals surface area contributed by atoms with Gasteiger partial charge in [0.25, 0.3) is 5.91 Å². The van der Waals surface area contributed by atoms with Crippen LogP contribution < -0.4 is 21.9 Å². The van der Waals surface area contributed by atoms with E-state index in [1.807, 2.05) is 5.43 Å². The molecule has 80 valence electrons. The number of primary amides is 1. The number of amides is 3. The van der Waals surface area contributed by atoms with Crippen molar-refractivity contribution in [2.45, 2.75) is 0 Å². The first-order valence-electron chi connectivity index (χ1n) is 4.27. The van der Waals surface area contributed by atoms with Crippen molar-refractivity contribution in [2.24, 2.45) is 5.73 Å². The van der Waals surface area contributed by atoms with Gasteiger partial charge in [-0.15, -0.1) is 0 Å². The van der Waals surface area contributed by atoms with Crippen LogP contribution in [0.1, 0.15) is 10.4 Å². The Bertz CT molecular complexity index is 378. The molecule has 0 aliphatic heterocycles. The minimum Gasteiger partial charge on any atom is -0.387 e. The van der Waals surface area contributed by atoms with Crippen molar-refractivity contribution in [1.29, 1.82) is 0 Å². The van der Waals surface area contributed by atoms with Gasteiger partial charge in [-0.3, -0.25) is 10.2 Å². The molecule has 1 aromatic carbocycles. The Hall–Kier alpha value is -2.24. The molecule has 5 N–H and O–H groups in total. The number of nitrogens with one attached hydrogen (secondary N) is 3. The van der Waals surface area contributed by atoms with Crippen molar-refractivity contribution >= 4 is 17.6 Å². The molecule has 0 aliphatic rings. The molecule has 15 heavy (non-hydrogen) atoms. The van der Waals surface area contributed by atoms with Gasteiger partial charge in [-0.1, -0.05) is 12.1 Å². The van der Waals surface area contributed by atoms with Crippen LogP contribution in [0.4, 0.5) is 10.5 Å². The fraction of sp³-hybridized carbons (Fsp3) is 0.111. The molecule has 1 rings (SSSR count). The van der Waals surface area contributed by atoms with E-state index in [0.29, 0.717) is 11.3 Å². The molecule has 3 amide bonds. The van der Waals surface area contributed by atoms with Crippen molar-refractivity contribution < 1.29 is 9.59 Å². The minimum absolute atomic E-state index is 0.425. The molecule has 0 saturated carbocycles. The highest BCUT2D eigenvalue weighted by atomic mass is 16.2. The molecular formula is C9H12N4O2. The number of para-hydroxylation sites is 1. The third kappa shape index (κ3) is 2.87. The number of urea groups is 1. The summed E-state index contributed by atoms with van der Waals surface area (Å²) in [6.07, 6.45) is 0. The van der Waals surface area contributed by atoms with Crippen molar-refractivity contribution in [2.75, 3.05) is 12.4 Å². The van der Waals surface area contributed by atoms with Crippen LogP contribution in [0.15, 0.2) is 24.3 Å². The molecule has 0 heterocycles. The Morgan fingerprint density at radius 1 is 1.20 bits per heavy atom. The highest BCUT2D eigenvalue weighted by molar-refractivity contribution is 6.00. The number of carbonyl (C=O) groups excluding carboxylic acids is 2. The SMILES string of the molecule is CNc1ccccc1C(=O)NNC(N)=O. The molecule has 0 fully saturated rings. The summed E-state index contributed by atoms with van der Waals surface area (Å²) in [5.74, 6) is -0.432. The molecule has 6 nitrogen and oxygen atoms in total. The summed E-state index contributed by atoms with van der Waals surface area (Å²) in [5.41, 5.74) is 10.1. The first-order chi connectivity index (χ1) is 7.15. The Balaban J connectivity index is 2.77. The Morgan fingerprint density at radius 3 is 2.47 bits per heavy atom. The minimum atomic E-state index is -0.815. The molecule has 6 heteroatoms. The van der Waals surface area contributed by atoms with Crippen LogP contribution in [0.5, 0.6) is 0 Å². The number of hydrogen-bond acceptors (Lipinski definition) is 3. The molecule has 0 aliphatic carbocycles. The van der Waals surface area contributed by atoms with Gasteiger partial charge in [0.1, 0.15) is 0 Å². The maximum absolute atomic E-state index is 11.5. The van der Waals surface area contributed by atoms with Crippen molar-refractivity contribution in [3.05, 3.63) is 29.8 Å². The summed E-state index contributed by atoms with van der Waals surface area (Å²) >= 11 is 0. The van der Waals surface area contributed by atoms with Gasteiger partial charge in [-0.25, -0.2) is 10.2 Å². The van der Waals surface area contributed by atoms with Crippen molar-refractivity contribution in [3.63, 3.8) is 0 Å². The lowest BCUT2D eigenvalue weighted by Crippen LogP contribution is -2.44. The van der Waals surface area contributed by atoms with Gasteiger partial charge < -0.3 is 11.1 Å². The Morgan fingerprint density at radius 2 is 1.87 bits per heavy atom. The second-order valence-electron chi connectivity index (χ2n) is 2.74. The van der Waals surface area contributed by atoms with E-state index >= 15 is 0 Å². The number of rotatable bonds is 2. The number of hydrogen-bond donors (Lipinski definition) is 4. The summed E-state index contributed by atoms with van der Waals surface area (Å²) in [4.78, 5) is 21.9. The molecule has 0 radical (unpaired) electrons. The van der Waals surface area contributed by atoms with Gasteiger partial charge in [0.2, 0.25) is 0 Å². The Kier molecular flexibility index (Phi) is 3.50. The topological polar surface area (TPSA) is 96.2 Å². The maximum atomic E-state index is 11.5. The van der Waals surface area contributed by atoms with Crippen LogP contribution in [-0.4, -0.2) is 19.0 Å². The number of anilines is 1. The van der Waals surface area contributed by atoms with Crippen molar-refractivity contribution in [1.82, 2.24) is 10.9 Å². The predicted molar refractivity (Wildman–Crippen MR) is 56.2 cm³/mol. The third-order valence-corrected chi connectivity index (χ3v) is 1.74. The van der Waals surface area contributed by atoms with E-state index in [-0.39, 0.29) is 0 Å². The second-order valence-corrected chi connectivity index (χ2v) is 2.74. The average Bonchev–Trinajstić information content (AvgIpc) is 2.25. The van der Waals surface area contributed by atoms with Crippen LogP contribution in [-0.2, 0) is 0 Å².